The highest BCUT2D eigenvalue weighted by molar-refractivity contribution is 5.68. The monoisotopic (exact) mass is 425 g/mol. The van der Waals surface area contributed by atoms with Crippen molar-refractivity contribution in [2.45, 2.75) is 51.0 Å². The first-order valence-corrected chi connectivity index (χ1v) is 10.7. The minimum Gasteiger partial charge on any atom is -0.444 e. The number of likely N-dealkylation sites (tertiary alicyclic amines) is 1. The maximum atomic E-state index is 12.3. The van der Waals surface area contributed by atoms with E-state index in [-0.39, 0.29) is 12.0 Å². The lowest BCUT2D eigenvalue weighted by Crippen LogP contribution is -2.41. The molecule has 2 aliphatic rings. The predicted molar refractivity (Wildman–Crippen MR) is 112 cm³/mol. The Kier molecular flexibility index (Phi) is 4.92. The fraction of sp³-hybridized carbons (Fsp3) is 0.545. The van der Waals surface area contributed by atoms with Gasteiger partial charge in [-0.3, -0.25) is 0 Å². The molecule has 9 heteroatoms. The van der Waals surface area contributed by atoms with Gasteiger partial charge in [-0.25, -0.2) is 9.78 Å². The van der Waals surface area contributed by atoms with Crippen molar-refractivity contribution in [3.63, 3.8) is 0 Å². The van der Waals surface area contributed by atoms with Crippen LogP contribution in [0.3, 0.4) is 0 Å². The highest BCUT2D eigenvalue weighted by atomic mass is 16.6. The maximum Gasteiger partial charge on any atom is 0.410 e. The van der Waals surface area contributed by atoms with E-state index in [9.17, 15) is 4.79 Å². The van der Waals surface area contributed by atoms with Gasteiger partial charge in [0.2, 0.25) is 11.7 Å². The van der Waals surface area contributed by atoms with Crippen LogP contribution in [0.1, 0.15) is 57.2 Å². The lowest BCUT2D eigenvalue weighted by atomic mass is 9.97. The van der Waals surface area contributed by atoms with Gasteiger partial charge in [-0.05, 0) is 45.7 Å². The Morgan fingerprint density at radius 2 is 1.94 bits per heavy atom. The van der Waals surface area contributed by atoms with Crippen molar-refractivity contribution < 1.29 is 18.8 Å². The lowest BCUT2D eigenvalue weighted by molar-refractivity contribution is 0.00465. The number of hydrogen-bond donors (Lipinski definition) is 0. The van der Waals surface area contributed by atoms with Crippen LogP contribution in [-0.2, 0) is 9.47 Å². The van der Waals surface area contributed by atoms with Crippen LogP contribution in [-0.4, -0.2) is 62.4 Å². The van der Waals surface area contributed by atoms with Gasteiger partial charge in [-0.15, -0.1) is 0 Å². The van der Waals surface area contributed by atoms with E-state index in [4.69, 9.17) is 14.0 Å². The van der Waals surface area contributed by atoms with Crippen molar-refractivity contribution in [3.8, 4) is 11.4 Å². The molecule has 3 aromatic heterocycles. The van der Waals surface area contributed by atoms with Gasteiger partial charge in [0.25, 0.3) is 0 Å². The van der Waals surface area contributed by atoms with E-state index in [0.717, 1.165) is 29.7 Å². The Morgan fingerprint density at radius 1 is 1.16 bits per heavy atom. The largest absolute Gasteiger partial charge is 0.444 e. The number of rotatable bonds is 3. The normalized spacial score (nSPS) is 18.4. The molecule has 2 saturated heterocycles. The number of carbonyl (C=O) groups excluding carboxylic acids is 1. The van der Waals surface area contributed by atoms with Crippen molar-refractivity contribution in [3.05, 3.63) is 36.2 Å². The van der Waals surface area contributed by atoms with E-state index in [1.807, 2.05) is 45.3 Å². The fourth-order valence-electron chi connectivity index (χ4n) is 3.98. The average Bonchev–Trinajstić information content (AvgIpc) is 3.33. The molecular formula is C22H27N5O4. The highest BCUT2D eigenvalue weighted by Crippen LogP contribution is 2.30. The quantitative estimate of drug-likeness (QED) is 0.632. The molecule has 0 spiro atoms. The van der Waals surface area contributed by atoms with E-state index in [2.05, 4.69) is 19.5 Å². The van der Waals surface area contributed by atoms with Gasteiger partial charge in [-0.2, -0.15) is 4.98 Å². The number of ether oxygens (including phenoxy) is 2. The van der Waals surface area contributed by atoms with Crippen molar-refractivity contribution in [2.75, 3.05) is 26.3 Å². The molecule has 2 fully saturated rings. The molecule has 0 radical (unpaired) electrons. The van der Waals surface area contributed by atoms with Crippen LogP contribution in [0.15, 0.2) is 29.0 Å². The number of nitrogens with zero attached hydrogens (tertiary/aromatic N) is 5. The van der Waals surface area contributed by atoms with Crippen molar-refractivity contribution in [1.82, 2.24) is 24.4 Å². The van der Waals surface area contributed by atoms with Crippen molar-refractivity contribution in [1.29, 1.82) is 0 Å². The van der Waals surface area contributed by atoms with Gasteiger partial charge in [0.05, 0.1) is 30.8 Å². The third-order valence-corrected chi connectivity index (χ3v) is 5.75. The summed E-state index contributed by atoms with van der Waals surface area (Å²) in [5.41, 5.74) is 1.43. The van der Waals surface area contributed by atoms with Crippen LogP contribution in [0.2, 0.25) is 0 Å². The molecule has 0 aromatic carbocycles. The molecule has 164 valence electrons. The Morgan fingerprint density at radius 3 is 2.61 bits per heavy atom. The molecule has 2 aliphatic heterocycles. The predicted octanol–water partition coefficient (Wildman–Crippen LogP) is 3.61. The van der Waals surface area contributed by atoms with Crippen LogP contribution < -0.4 is 0 Å². The SMILES string of the molecule is CC(C)(C)OC(=O)N1CCC(c2nc(-c3ccc4cnc(C5COC5)n4c3)no2)CC1. The Labute approximate surface area is 180 Å². The Hall–Kier alpha value is -2.94. The van der Waals surface area contributed by atoms with Gasteiger partial charge in [-0.1, -0.05) is 5.16 Å². The lowest BCUT2D eigenvalue weighted by Gasteiger charge is -2.32. The van der Waals surface area contributed by atoms with Gasteiger partial charge in [0, 0.05) is 30.8 Å². The highest BCUT2D eigenvalue weighted by Gasteiger charge is 2.30. The number of pyridine rings is 1. The molecule has 0 saturated carbocycles. The number of piperidine rings is 1. The molecule has 31 heavy (non-hydrogen) atoms. The summed E-state index contributed by atoms with van der Waals surface area (Å²) in [5, 5.41) is 4.21. The van der Waals surface area contributed by atoms with E-state index in [1.165, 1.54) is 0 Å². The zero-order valence-corrected chi connectivity index (χ0v) is 18.1. The van der Waals surface area contributed by atoms with Gasteiger partial charge in [0.15, 0.2) is 0 Å². The van der Waals surface area contributed by atoms with Gasteiger partial charge in [0.1, 0.15) is 11.4 Å². The second kappa shape index (κ2) is 7.64. The number of carbonyl (C=O) groups is 1. The second-order valence-corrected chi connectivity index (χ2v) is 9.26. The molecule has 9 nitrogen and oxygen atoms in total. The zero-order valence-electron chi connectivity index (χ0n) is 18.1. The number of aromatic nitrogens is 4. The molecule has 0 bridgehead atoms. The topological polar surface area (TPSA) is 95.0 Å². The van der Waals surface area contributed by atoms with Crippen molar-refractivity contribution in [2.24, 2.45) is 0 Å². The third kappa shape index (κ3) is 4.01. The molecule has 0 unspecified atom stereocenters. The second-order valence-electron chi connectivity index (χ2n) is 9.26. The Balaban J connectivity index is 1.28. The van der Waals surface area contributed by atoms with Crippen LogP contribution in [0.5, 0.6) is 0 Å². The third-order valence-electron chi connectivity index (χ3n) is 5.75. The summed E-state index contributed by atoms with van der Waals surface area (Å²) >= 11 is 0. The van der Waals surface area contributed by atoms with Crippen molar-refractivity contribution >= 4 is 11.6 Å². The van der Waals surface area contributed by atoms with Gasteiger partial charge >= 0.3 is 6.09 Å². The van der Waals surface area contributed by atoms with E-state index < -0.39 is 5.60 Å². The number of hydrogen-bond acceptors (Lipinski definition) is 7. The number of imidazole rings is 1. The minimum absolute atomic E-state index is 0.139. The summed E-state index contributed by atoms with van der Waals surface area (Å²) in [6.07, 6.45) is 5.16. The molecule has 5 rings (SSSR count). The average molecular weight is 425 g/mol. The Bertz CT molecular complexity index is 1090. The standard InChI is InChI=1S/C22H27N5O4/c1-22(2,3)30-21(28)26-8-6-14(7-9-26)20-24-18(25-31-20)15-4-5-17-10-23-19(27(17)11-15)16-12-29-13-16/h4-5,10-11,14,16H,6-9,12-13H2,1-3H3. The fourth-order valence-corrected chi connectivity index (χ4v) is 3.98. The van der Waals surface area contributed by atoms with Gasteiger partial charge < -0.3 is 23.3 Å². The molecular weight excluding hydrogens is 398 g/mol. The van der Waals surface area contributed by atoms with E-state index in [0.29, 0.717) is 43.9 Å². The first-order chi connectivity index (χ1) is 14.9. The van der Waals surface area contributed by atoms with Crippen LogP contribution in [0, 0.1) is 0 Å². The van der Waals surface area contributed by atoms with E-state index in [1.54, 1.807) is 4.90 Å². The molecule has 1 amide bonds. The zero-order chi connectivity index (χ0) is 21.6. The summed E-state index contributed by atoms with van der Waals surface area (Å²) in [7, 11) is 0. The van der Waals surface area contributed by atoms with Crippen LogP contribution in [0.25, 0.3) is 16.9 Å². The maximum absolute atomic E-state index is 12.3. The smallest absolute Gasteiger partial charge is 0.410 e. The molecule has 0 aliphatic carbocycles. The molecule has 0 atom stereocenters. The van der Waals surface area contributed by atoms with Crippen LogP contribution >= 0.6 is 0 Å². The summed E-state index contributed by atoms with van der Waals surface area (Å²) in [6, 6.07) is 4.00. The van der Waals surface area contributed by atoms with E-state index >= 15 is 0 Å². The molecule has 3 aromatic rings. The number of amides is 1. The molecule has 0 N–H and O–H groups in total. The number of fused-ring (bicyclic) bond motifs is 1. The first kappa shape index (κ1) is 20.0. The minimum atomic E-state index is -0.489. The summed E-state index contributed by atoms with van der Waals surface area (Å²) in [6.45, 7) is 8.27. The first-order valence-electron chi connectivity index (χ1n) is 10.7. The van der Waals surface area contributed by atoms with Crippen LogP contribution in [0.4, 0.5) is 4.79 Å². The molecule has 5 heterocycles. The summed E-state index contributed by atoms with van der Waals surface area (Å²) in [4.78, 5) is 23.2. The summed E-state index contributed by atoms with van der Waals surface area (Å²) in [5.74, 6) is 2.66. The summed E-state index contributed by atoms with van der Waals surface area (Å²) < 4.78 is 18.5.